The van der Waals surface area contributed by atoms with Gasteiger partial charge in [-0.25, -0.2) is 0 Å². The molecular formula is C13H19BrOS. The topological polar surface area (TPSA) is 20.2 Å². The van der Waals surface area contributed by atoms with E-state index in [4.69, 9.17) is 0 Å². The molecule has 1 aromatic heterocycles. The third-order valence-corrected chi connectivity index (χ3v) is 5.77. The summed E-state index contributed by atoms with van der Waals surface area (Å²) in [4.78, 5) is 1.11. The van der Waals surface area contributed by atoms with E-state index >= 15 is 0 Å². The van der Waals surface area contributed by atoms with Gasteiger partial charge >= 0.3 is 0 Å². The van der Waals surface area contributed by atoms with Gasteiger partial charge in [0.05, 0.1) is 6.10 Å². The lowest BCUT2D eigenvalue weighted by atomic mass is 9.78. The number of hydrogen-bond donors (Lipinski definition) is 1. The van der Waals surface area contributed by atoms with Gasteiger partial charge < -0.3 is 5.11 Å². The fraction of sp³-hybridized carbons (Fsp3) is 0.692. The third kappa shape index (κ3) is 2.69. The van der Waals surface area contributed by atoms with Crippen LogP contribution in [0.2, 0.25) is 0 Å². The molecular weight excluding hydrogens is 284 g/mol. The summed E-state index contributed by atoms with van der Waals surface area (Å²) in [6, 6.07) is 2.03. The Morgan fingerprint density at radius 3 is 2.62 bits per heavy atom. The van der Waals surface area contributed by atoms with Crippen molar-refractivity contribution in [3.05, 3.63) is 20.8 Å². The van der Waals surface area contributed by atoms with Crippen molar-refractivity contribution in [2.75, 3.05) is 0 Å². The second-order valence-corrected chi connectivity index (χ2v) is 6.57. The van der Waals surface area contributed by atoms with Crippen molar-refractivity contribution in [1.29, 1.82) is 0 Å². The molecule has 1 atom stereocenters. The van der Waals surface area contributed by atoms with E-state index in [1.165, 1.54) is 32.1 Å². The summed E-state index contributed by atoms with van der Waals surface area (Å²) in [6.45, 7) is 2.28. The van der Waals surface area contributed by atoms with Crippen molar-refractivity contribution >= 4 is 27.3 Å². The molecule has 1 N–H and O–H groups in total. The lowest BCUT2D eigenvalue weighted by Crippen LogP contribution is -2.19. The summed E-state index contributed by atoms with van der Waals surface area (Å²) in [5.74, 6) is 1.37. The monoisotopic (exact) mass is 302 g/mol. The summed E-state index contributed by atoms with van der Waals surface area (Å²) in [5.41, 5.74) is 0. The van der Waals surface area contributed by atoms with Gasteiger partial charge in [-0.1, -0.05) is 26.2 Å². The van der Waals surface area contributed by atoms with Crippen LogP contribution in [0, 0.1) is 11.8 Å². The van der Waals surface area contributed by atoms with E-state index in [1.807, 2.05) is 11.4 Å². The molecule has 1 nitrogen and oxygen atoms in total. The predicted octanol–water partition coefficient (Wildman–Crippen LogP) is 4.76. The fourth-order valence-electron chi connectivity index (χ4n) is 2.64. The molecule has 0 radical (unpaired) electrons. The normalized spacial score (nSPS) is 27.9. The number of thiophene rings is 1. The van der Waals surface area contributed by atoms with Gasteiger partial charge in [0.1, 0.15) is 0 Å². The summed E-state index contributed by atoms with van der Waals surface area (Å²) < 4.78 is 1.07. The van der Waals surface area contributed by atoms with E-state index in [0.717, 1.165) is 15.3 Å². The van der Waals surface area contributed by atoms with Gasteiger partial charge in [0.2, 0.25) is 0 Å². The molecule has 16 heavy (non-hydrogen) atoms. The first kappa shape index (κ1) is 12.6. The van der Waals surface area contributed by atoms with E-state index in [0.29, 0.717) is 5.92 Å². The zero-order valence-electron chi connectivity index (χ0n) is 9.66. The summed E-state index contributed by atoms with van der Waals surface area (Å²) in [5, 5.41) is 12.4. The Kier molecular flexibility index (Phi) is 4.45. The molecule has 1 aliphatic carbocycles. The second kappa shape index (κ2) is 5.65. The highest BCUT2D eigenvalue weighted by Gasteiger charge is 2.28. The van der Waals surface area contributed by atoms with Crippen molar-refractivity contribution in [1.82, 2.24) is 0 Å². The molecule has 0 aromatic carbocycles. The van der Waals surface area contributed by atoms with Gasteiger partial charge in [0, 0.05) is 9.35 Å². The SMILES string of the molecule is CCC1CCC(C(O)c2sccc2Br)CC1. The number of halogens is 1. The van der Waals surface area contributed by atoms with Gasteiger partial charge in [0.25, 0.3) is 0 Å². The number of aliphatic hydroxyl groups excluding tert-OH is 1. The number of rotatable bonds is 3. The second-order valence-electron chi connectivity index (χ2n) is 4.77. The van der Waals surface area contributed by atoms with Crippen LogP contribution in [0.15, 0.2) is 15.9 Å². The minimum atomic E-state index is -0.257. The van der Waals surface area contributed by atoms with Gasteiger partial charge in [-0.3, -0.25) is 0 Å². The molecule has 0 spiro atoms. The maximum Gasteiger partial charge on any atom is 0.0921 e. The molecule has 1 unspecified atom stereocenters. The van der Waals surface area contributed by atoms with Gasteiger partial charge in [0.15, 0.2) is 0 Å². The first-order valence-corrected chi connectivity index (χ1v) is 7.80. The van der Waals surface area contributed by atoms with E-state index < -0.39 is 0 Å². The molecule has 0 amide bonds. The first-order valence-electron chi connectivity index (χ1n) is 6.13. The van der Waals surface area contributed by atoms with E-state index in [2.05, 4.69) is 22.9 Å². The van der Waals surface area contributed by atoms with Gasteiger partial charge in [-0.2, -0.15) is 0 Å². The van der Waals surface area contributed by atoms with E-state index in [1.54, 1.807) is 11.3 Å². The minimum absolute atomic E-state index is 0.257. The largest absolute Gasteiger partial charge is 0.387 e. The van der Waals surface area contributed by atoms with Crippen molar-refractivity contribution in [3.8, 4) is 0 Å². The van der Waals surface area contributed by atoms with Crippen LogP contribution in [0.3, 0.4) is 0 Å². The van der Waals surface area contributed by atoms with Crippen molar-refractivity contribution in [3.63, 3.8) is 0 Å². The summed E-state index contributed by atoms with van der Waals surface area (Å²) in [6.07, 6.45) is 5.99. The lowest BCUT2D eigenvalue weighted by Gasteiger charge is -2.30. The predicted molar refractivity (Wildman–Crippen MR) is 72.7 cm³/mol. The van der Waals surface area contributed by atoms with Crippen molar-refractivity contribution < 1.29 is 5.11 Å². The molecule has 0 bridgehead atoms. The number of hydrogen-bond acceptors (Lipinski definition) is 2. The molecule has 1 saturated carbocycles. The quantitative estimate of drug-likeness (QED) is 0.853. The Morgan fingerprint density at radius 2 is 2.12 bits per heavy atom. The molecule has 1 aliphatic rings. The minimum Gasteiger partial charge on any atom is -0.387 e. The van der Waals surface area contributed by atoms with Crippen molar-refractivity contribution in [2.24, 2.45) is 11.8 Å². The molecule has 1 heterocycles. The molecule has 90 valence electrons. The Balaban J connectivity index is 1.97. The highest BCUT2D eigenvalue weighted by Crippen LogP contribution is 2.41. The maximum absolute atomic E-state index is 10.4. The maximum atomic E-state index is 10.4. The van der Waals surface area contributed by atoms with Crippen LogP contribution in [-0.4, -0.2) is 5.11 Å². The van der Waals surface area contributed by atoms with Crippen LogP contribution in [0.1, 0.15) is 50.0 Å². The number of aliphatic hydroxyl groups is 1. The van der Waals surface area contributed by atoms with E-state index in [9.17, 15) is 5.11 Å². The summed E-state index contributed by atoms with van der Waals surface area (Å²) in [7, 11) is 0. The third-order valence-electron chi connectivity index (χ3n) is 3.83. The van der Waals surface area contributed by atoms with Crippen molar-refractivity contribution in [2.45, 2.75) is 45.1 Å². The van der Waals surface area contributed by atoms with E-state index in [-0.39, 0.29) is 6.10 Å². The Morgan fingerprint density at radius 1 is 1.44 bits per heavy atom. The summed E-state index contributed by atoms with van der Waals surface area (Å²) >= 11 is 5.17. The average molecular weight is 303 g/mol. The van der Waals surface area contributed by atoms with Crippen LogP contribution < -0.4 is 0 Å². The molecule has 3 heteroatoms. The zero-order chi connectivity index (χ0) is 11.5. The highest BCUT2D eigenvalue weighted by atomic mass is 79.9. The molecule has 2 rings (SSSR count). The fourth-order valence-corrected chi connectivity index (χ4v) is 4.33. The van der Waals surface area contributed by atoms with Crippen LogP contribution in [0.25, 0.3) is 0 Å². The standard InChI is InChI=1S/C13H19BrOS/c1-2-9-3-5-10(6-4-9)12(15)13-11(14)7-8-16-13/h7-10,12,15H,2-6H2,1H3. The first-order chi connectivity index (χ1) is 7.72. The van der Waals surface area contributed by atoms with Crippen LogP contribution in [0.5, 0.6) is 0 Å². The molecule has 1 aromatic rings. The molecule has 0 aliphatic heterocycles. The van der Waals surface area contributed by atoms with Crippen LogP contribution in [0.4, 0.5) is 0 Å². The van der Waals surface area contributed by atoms with Gasteiger partial charge in [-0.15, -0.1) is 11.3 Å². The van der Waals surface area contributed by atoms with Crippen LogP contribution in [-0.2, 0) is 0 Å². The zero-order valence-corrected chi connectivity index (χ0v) is 12.1. The van der Waals surface area contributed by atoms with Crippen LogP contribution >= 0.6 is 27.3 Å². The smallest absolute Gasteiger partial charge is 0.0921 e. The highest BCUT2D eigenvalue weighted by molar-refractivity contribution is 9.10. The Bertz CT molecular complexity index is 328. The van der Waals surface area contributed by atoms with Gasteiger partial charge in [-0.05, 0) is 52.1 Å². The molecule has 1 fully saturated rings. The lowest BCUT2D eigenvalue weighted by molar-refractivity contribution is 0.0752. The molecule has 0 saturated heterocycles. The average Bonchev–Trinajstić information content (AvgIpc) is 2.75. The Hall–Kier alpha value is 0.140. The Labute approximate surface area is 110 Å².